The van der Waals surface area contributed by atoms with Crippen LogP contribution in [0.2, 0.25) is 0 Å². The first kappa shape index (κ1) is 10.6. The summed E-state index contributed by atoms with van der Waals surface area (Å²) in [6, 6.07) is 4.19. The van der Waals surface area contributed by atoms with Gasteiger partial charge in [-0.15, -0.1) is 0 Å². The molecule has 72 valence electrons. The van der Waals surface area contributed by atoms with E-state index in [-0.39, 0.29) is 10.7 Å². The third-order valence-corrected chi connectivity index (χ3v) is 2.34. The van der Waals surface area contributed by atoms with Gasteiger partial charge in [0.1, 0.15) is 0 Å². The Morgan fingerprint density at radius 3 is 2.23 bits per heavy atom. The first-order valence-corrected chi connectivity index (χ1v) is 5.07. The van der Waals surface area contributed by atoms with Crippen LogP contribution >= 0.6 is 12.6 Å². The SMILES string of the molecule is CC(S)c1ccc(C(C)(C)C)nc1. The largest absolute Gasteiger partial charge is 0.260 e. The van der Waals surface area contributed by atoms with E-state index in [1.807, 2.05) is 6.20 Å². The summed E-state index contributed by atoms with van der Waals surface area (Å²) in [4.78, 5) is 4.42. The van der Waals surface area contributed by atoms with E-state index in [2.05, 4.69) is 57.4 Å². The molecular formula is C11H17NS. The molecule has 1 nitrogen and oxygen atoms in total. The average molecular weight is 195 g/mol. The first-order valence-electron chi connectivity index (χ1n) is 4.56. The lowest BCUT2D eigenvalue weighted by Gasteiger charge is -2.17. The van der Waals surface area contributed by atoms with Gasteiger partial charge in [-0.3, -0.25) is 4.98 Å². The normalized spacial score (nSPS) is 14.2. The maximum Gasteiger partial charge on any atom is 0.0457 e. The highest BCUT2D eigenvalue weighted by molar-refractivity contribution is 7.80. The molecule has 1 aromatic heterocycles. The lowest BCUT2D eigenvalue weighted by atomic mass is 9.91. The topological polar surface area (TPSA) is 12.9 Å². The van der Waals surface area contributed by atoms with E-state index in [1.165, 1.54) is 5.56 Å². The van der Waals surface area contributed by atoms with Crippen molar-refractivity contribution in [3.05, 3.63) is 29.6 Å². The molecule has 1 heterocycles. The number of aromatic nitrogens is 1. The van der Waals surface area contributed by atoms with Crippen LogP contribution in [-0.4, -0.2) is 4.98 Å². The summed E-state index contributed by atoms with van der Waals surface area (Å²) < 4.78 is 0. The minimum Gasteiger partial charge on any atom is -0.260 e. The molecule has 0 radical (unpaired) electrons. The molecule has 0 aliphatic carbocycles. The minimum absolute atomic E-state index is 0.137. The van der Waals surface area contributed by atoms with Gasteiger partial charge in [0.05, 0.1) is 0 Å². The van der Waals surface area contributed by atoms with Crippen molar-refractivity contribution in [2.24, 2.45) is 0 Å². The van der Waals surface area contributed by atoms with Gasteiger partial charge < -0.3 is 0 Å². The zero-order valence-corrected chi connectivity index (χ0v) is 9.60. The molecule has 0 saturated carbocycles. The Hall–Kier alpha value is -0.500. The smallest absolute Gasteiger partial charge is 0.0457 e. The number of hydrogen-bond acceptors (Lipinski definition) is 2. The molecule has 0 fully saturated rings. The summed E-state index contributed by atoms with van der Waals surface area (Å²) in [6.45, 7) is 8.55. The molecule has 1 rings (SSSR count). The summed E-state index contributed by atoms with van der Waals surface area (Å²) >= 11 is 4.35. The fraction of sp³-hybridized carbons (Fsp3) is 0.545. The van der Waals surface area contributed by atoms with Gasteiger partial charge in [-0.25, -0.2) is 0 Å². The van der Waals surface area contributed by atoms with Gasteiger partial charge in [-0.2, -0.15) is 12.6 Å². The molecule has 1 unspecified atom stereocenters. The van der Waals surface area contributed by atoms with E-state index in [0.717, 1.165) is 5.69 Å². The number of hydrogen-bond donors (Lipinski definition) is 1. The Kier molecular flexibility index (Phi) is 3.01. The molecule has 1 aromatic rings. The van der Waals surface area contributed by atoms with Crippen LogP contribution in [0.4, 0.5) is 0 Å². The standard InChI is InChI=1S/C11H17NS/c1-8(13)9-5-6-10(12-7-9)11(2,3)4/h5-8,13H,1-4H3. The van der Waals surface area contributed by atoms with Crippen LogP contribution < -0.4 is 0 Å². The quantitative estimate of drug-likeness (QED) is 0.678. The Morgan fingerprint density at radius 1 is 1.31 bits per heavy atom. The summed E-state index contributed by atoms with van der Waals surface area (Å²) in [6.07, 6.45) is 1.91. The molecule has 1 atom stereocenters. The number of nitrogens with zero attached hydrogens (tertiary/aromatic N) is 1. The predicted molar refractivity (Wildman–Crippen MR) is 60.3 cm³/mol. The van der Waals surface area contributed by atoms with Crippen molar-refractivity contribution in [2.75, 3.05) is 0 Å². The Balaban J connectivity index is 2.94. The van der Waals surface area contributed by atoms with E-state index in [9.17, 15) is 0 Å². The molecule has 0 bridgehead atoms. The van der Waals surface area contributed by atoms with Crippen molar-refractivity contribution in [2.45, 2.75) is 38.4 Å². The van der Waals surface area contributed by atoms with Crippen molar-refractivity contribution in [3.8, 4) is 0 Å². The second-order valence-electron chi connectivity index (χ2n) is 4.40. The Morgan fingerprint density at radius 2 is 1.92 bits per heavy atom. The van der Waals surface area contributed by atoms with Crippen LogP contribution in [0.1, 0.15) is 44.2 Å². The lowest BCUT2D eigenvalue weighted by Crippen LogP contribution is -2.13. The van der Waals surface area contributed by atoms with Gasteiger partial charge in [-0.05, 0) is 18.6 Å². The Labute approximate surface area is 86.0 Å². The third kappa shape index (κ3) is 2.73. The van der Waals surface area contributed by atoms with Crippen LogP contribution in [0.15, 0.2) is 18.3 Å². The molecule has 0 amide bonds. The fourth-order valence-electron chi connectivity index (χ4n) is 1.10. The van der Waals surface area contributed by atoms with E-state index < -0.39 is 0 Å². The molecule has 0 saturated heterocycles. The monoisotopic (exact) mass is 195 g/mol. The van der Waals surface area contributed by atoms with Gasteiger partial charge >= 0.3 is 0 Å². The maximum atomic E-state index is 4.42. The molecule has 0 spiro atoms. The summed E-state index contributed by atoms with van der Waals surface area (Å²) in [5, 5.41) is 0.265. The summed E-state index contributed by atoms with van der Waals surface area (Å²) in [5.74, 6) is 0. The molecule has 0 aromatic carbocycles. The van der Waals surface area contributed by atoms with Crippen molar-refractivity contribution >= 4 is 12.6 Å². The van der Waals surface area contributed by atoms with Gasteiger partial charge in [0.15, 0.2) is 0 Å². The fourth-order valence-corrected chi connectivity index (χ4v) is 1.25. The molecule has 13 heavy (non-hydrogen) atoms. The van der Waals surface area contributed by atoms with Gasteiger partial charge in [-0.1, -0.05) is 26.8 Å². The molecule has 0 N–H and O–H groups in total. The Bertz CT molecular complexity index is 269. The highest BCUT2D eigenvalue weighted by Crippen LogP contribution is 2.23. The van der Waals surface area contributed by atoms with E-state index in [0.29, 0.717) is 0 Å². The van der Waals surface area contributed by atoms with Crippen LogP contribution in [0.25, 0.3) is 0 Å². The number of rotatable bonds is 1. The molecule has 0 aliphatic rings. The highest BCUT2D eigenvalue weighted by Gasteiger charge is 2.14. The van der Waals surface area contributed by atoms with Crippen LogP contribution in [0, 0.1) is 0 Å². The summed E-state index contributed by atoms with van der Waals surface area (Å²) in [5.41, 5.74) is 2.44. The van der Waals surface area contributed by atoms with Crippen LogP contribution in [0.5, 0.6) is 0 Å². The highest BCUT2D eigenvalue weighted by atomic mass is 32.1. The molecule has 0 aliphatic heterocycles. The van der Waals surface area contributed by atoms with Gasteiger partial charge in [0.25, 0.3) is 0 Å². The van der Waals surface area contributed by atoms with Crippen molar-refractivity contribution in [1.29, 1.82) is 0 Å². The second kappa shape index (κ2) is 3.70. The molecule has 2 heteroatoms. The van der Waals surface area contributed by atoms with Gasteiger partial charge in [0.2, 0.25) is 0 Å². The van der Waals surface area contributed by atoms with Crippen molar-refractivity contribution < 1.29 is 0 Å². The van der Waals surface area contributed by atoms with Crippen molar-refractivity contribution in [3.63, 3.8) is 0 Å². The maximum absolute atomic E-state index is 4.42. The zero-order valence-electron chi connectivity index (χ0n) is 8.70. The minimum atomic E-state index is 0.137. The summed E-state index contributed by atoms with van der Waals surface area (Å²) in [7, 11) is 0. The second-order valence-corrected chi connectivity index (χ2v) is 5.18. The predicted octanol–water partition coefficient (Wildman–Crippen LogP) is 3.37. The zero-order chi connectivity index (χ0) is 10.1. The number of pyridine rings is 1. The van der Waals surface area contributed by atoms with E-state index in [1.54, 1.807) is 0 Å². The van der Waals surface area contributed by atoms with Crippen molar-refractivity contribution in [1.82, 2.24) is 4.98 Å². The van der Waals surface area contributed by atoms with Gasteiger partial charge in [0, 0.05) is 22.6 Å². The lowest BCUT2D eigenvalue weighted by molar-refractivity contribution is 0.568. The van der Waals surface area contributed by atoms with Crippen LogP contribution in [0.3, 0.4) is 0 Å². The van der Waals surface area contributed by atoms with Crippen LogP contribution in [-0.2, 0) is 5.41 Å². The van der Waals surface area contributed by atoms with E-state index >= 15 is 0 Å². The molecular weight excluding hydrogens is 178 g/mol. The average Bonchev–Trinajstić information content (AvgIpc) is 2.03. The van der Waals surface area contributed by atoms with E-state index in [4.69, 9.17) is 0 Å². The first-order chi connectivity index (χ1) is 5.91. The number of thiol groups is 1. The third-order valence-electron chi connectivity index (χ3n) is 2.04.